The molecule has 2 aromatic carbocycles. The Morgan fingerprint density at radius 3 is 2.48 bits per heavy atom. The van der Waals surface area contributed by atoms with Crippen LogP contribution >= 0.6 is 11.7 Å². The van der Waals surface area contributed by atoms with Crippen molar-refractivity contribution < 1.29 is 13.5 Å². The maximum Gasteiger partial charge on any atom is 0.245 e. The van der Waals surface area contributed by atoms with Crippen LogP contribution in [0.3, 0.4) is 0 Å². The molecule has 0 aliphatic carbocycles. The van der Waals surface area contributed by atoms with Crippen LogP contribution in [-0.2, 0) is 16.4 Å². The summed E-state index contributed by atoms with van der Waals surface area (Å²) in [6.07, 6.45) is 2.01. The van der Waals surface area contributed by atoms with Gasteiger partial charge >= 0.3 is 0 Å². The van der Waals surface area contributed by atoms with Crippen molar-refractivity contribution in [3.05, 3.63) is 54.1 Å². The maximum atomic E-state index is 13.2. The first-order valence-electron chi connectivity index (χ1n) is 8.90. The Kier molecular flexibility index (Phi) is 4.98. The molecule has 0 saturated carbocycles. The Hall–Kier alpha value is -1.87. The molecule has 4 rings (SSSR count). The molecule has 0 unspecified atom stereocenters. The van der Waals surface area contributed by atoms with E-state index in [-0.39, 0.29) is 16.9 Å². The monoisotopic (exact) mass is 403 g/mol. The van der Waals surface area contributed by atoms with E-state index in [0.29, 0.717) is 37.0 Å². The lowest BCUT2D eigenvalue weighted by Gasteiger charge is -2.40. The molecule has 3 aromatic rings. The maximum absolute atomic E-state index is 13.2. The van der Waals surface area contributed by atoms with Crippen molar-refractivity contribution in [3.63, 3.8) is 0 Å². The number of hydrogen-bond acceptors (Lipinski definition) is 6. The lowest BCUT2D eigenvalue weighted by Crippen LogP contribution is -2.45. The minimum absolute atomic E-state index is 0.0569. The van der Waals surface area contributed by atoms with Crippen LogP contribution in [0.1, 0.15) is 18.4 Å². The summed E-state index contributed by atoms with van der Waals surface area (Å²) in [5.74, 6) is 0. The van der Waals surface area contributed by atoms with E-state index in [1.165, 1.54) is 9.87 Å². The van der Waals surface area contributed by atoms with E-state index in [1.807, 2.05) is 18.2 Å². The quantitative estimate of drug-likeness (QED) is 0.708. The summed E-state index contributed by atoms with van der Waals surface area (Å²) < 4.78 is 36.1. The number of aliphatic hydroxyl groups is 1. The van der Waals surface area contributed by atoms with Gasteiger partial charge in [0.2, 0.25) is 10.0 Å². The SMILES string of the molecule is O=S(=O)(c1cccc2nsnc12)N1CCC(CO)(Cc2ccccc2)CC1. The van der Waals surface area contributed by atoms with Crippen LogP contribution in [0.2, 0.25) is 0 Å². The van der Waals surface area contributed by atoms with Crippen molar-refractivity contribution in [2.24, 2.45) is 5.41 Å². The molecule has 8 heteroatoms. The van der Waals surface area contributed by atoms with Crippen LogP contribution in [-0.4, -0.2) is 46.3 Å². The first-order chi connectivity index (χ1) is 13.0. The zero-order chi connectivity index (χ0) is 18.9. The molecule has 1 N–H and O–H groups in total. The number of aliphatic hydroxyl groups excluding tert-OH is 1. The molecule has 1 aliphatic heterocycles. The highest BCUT2D eigenvalue weighted by Crippen LogP contribution is 2.37. The molecule has 0 amide bonds. The Morgan fingerprint density at radius 2 is 1.78 bits per heavy atom. The Labute approximate surface area is 162 Å². The Bertz CT molecular complexity index is 1030. The van der Waals surface area contributed by atoms with Crippen LogP contribution < -0.4 is 0 Å². The second kappa shape index (κ2) is 7.27. The highest BCUT2D eigenvalue weighted by molar-refractivity contribution is 7.89. The average molecular weight is 404 g/mol. The normalized spacial score (nSPS) is 18.0. The average Bonchev–Trinajstić information content (AvgIpc) is 3.18. The second-order valence-corrected chi connectivity index (χ2v) is 9.55. The van der Waals surface area contributed by atoms with E-state index in [4.69, 9.17) is 0 Å². The molecule has 0 bridgehead atoms. The van der Waals surface area contributed by atoms with E-state index >= 15 is 0 Å². The van der Waals surface area contributed by atoms with Crippen molar-refractivity contribution in [2.45, 2.75) is 24.2 Å². The number of aromatic nitrogens is 2. The number of piperidine rings is 1. The van der Waals surface area contributed by atoms with Crippen LogP contribution in [0.4, 0.5) is 0 Å². The van der Waals surface area contributed by atoms with E-state index in [1.54, 1.807) is 18.2 Å². The Balaban J connectivity index is 1.55. The summed E-state index contributed by atoms with van der Waals surface area (Å²) in [7, 11) is -3.63. The van der Waals surface area contributed by atoms with E-state index in [2.05, 4.69) is 20.9 Å². The number of fused-ring (bicyclic) bond motifs is 1. The molecule has 1 aromatic heterocycles. The van der Waals surface area contributed by atoms with E-state index in [9.17, 15) is 13.5 Å². The predicted octanol–water partition coefficient (Wildman–Crippen LogP) is 2.70. The fraction of sp³-hybridized carbons (Fsp3) is 0.368. The second-order valence-electron chi connectivity index (χ2n) is 7.11. The summed E-state index contributed by atoms with van der Waals surface area (Å²) in [4.78, 5) is 0.216. The molecule has 1 aliphatic rings. The Morgan fingerprint density at radius 1 is 1.04 bits per heavy atom. The van der Waals surface area contributed by atoms with Crippen LogP contribution in [0.15, 0.2) is 53.4 Å². The van der Waals surface area contributed by atoms with Crippen molar-refractivity contribution in [3.8, 4) is 0 Å². The third-order valence-corrected chi connectivity index (χ3v) is 7.88. The largest absolute Gasteiger partial charge is 0.396 e. The van der Waals surface area contributed by atoms with Crippen molar-refractivity contribution in [1.82, 2.24) is 13.1 Å². The van der Waals surface area contributed by atoms with Gasteiger partial charge in [0.1, 0.15) is 15.9 Å². The van der Waals surface area contributed by atoms with Gasteiger partial charge in [-0.2, -0.15) is 13.1 Å². The van der Waals surface area contributed by atoms with Crippen LogP contribution in [0.5, 0.6) is 0 Å². The molecular formula is C19H21N3O3S2. The predicted molar refractivity (Wildman–Crippen MR) is 105 cm³/mol. The molecule has 0 spiro atoms. The van der Waals surface area contributed by atoms with Gasteiger partial charge in [0.05, 0.1) is 11.7 Å². The topological polar surface area (TPSA) is 83.4 Å². The molecule has 6 nitrogen and oxygen atoms in total. The van der Waals surface area contributed by atoms with Gasteiger partial charge < -0.3 is 5.11 Å². The molecule has 142 valence electrons. The van der Waals surface area contributed by atoms with Gasteiger partial charge in [-0.1, -0.05) is 36.4 Å². The fourth-order valence-electron chi connectivity index (χ4n) is 3.75. The molecule has 0 atom stereocenters. The first kappa shape index (κ1) is 18.5. The first-order valence-corrected chi connectivity index (χ1v) is 11.1. The fourth-order valence-corrected chi connectivity index (χ4v) is 5.94. The van der Waals surface area contributed by atoms with Crippen molar-refractivity contribution in [2.75, 3.05) is 19.7 Å². The minimum atomic E-state index is -3.63. The zero-order valence-corrected chi connectivity index (χ0v) is 16.4. The van der Waals surface area contributed by atoms with Gasteiger partial charge in [-0.3, -0.25) is 0 Å². The van der Waals surface area contributed by atoms with Gasteiger partial charge in [-0.05, 0) is 42.4 Å². The number of hydrogen-bond donors (Lipinski definition) is 1. The number of sulfonamides is 1. The van der Waals surface area contributed by atoms with Gasteiger partial charge in [0.15, 0.2) is 0 Å². The number of rotatable bonds is 5. The summed E-state index contributed by atoms with van der Waals surface area (Å²) >= 11 is 1.02. The summed E-state index contributed by atoms with van der Waals surface area (Å²) in [5.41, 5.74) is 1.93. The van der Waals surface area contributed by atoms with E-state index < -0.39 is 10.0 Å². The standard InChI is InChI=1S/C19H21N3O3S2/c23-14-19(13-15-5-2-1-3-6-15)9-11-22(12-10-19)27(24,25)17-8-4-7-16-18(17)21-26-20-16/h1-8,23H,9-14H2. The minimum Gasteiger partial charge on any atom is -0.396 e. The van der Waals surface area contributed by atoms with Gasteiger partial charge in [0, 0.05) is 19.7 Å². The molecule has 1 fully saturated rings. The van der Waals surface area contributed by atoms with Crippen molar-refractivity contribution >= 4 is 32.8 Å². The van der Waals surface area contributed by atoms with Crippen LogP contribution in [0.25, 0.3) is 11.0 Å². The molecule has 27 heavy (non-hydrogen) atoms. The number of benzene rings is 2. The molecule has 2 heterocycles. The van der Waals surface area contributed by atoms with Gasteiger partial charge in [0.25, 0.3) is 0 Å². The molecular weight excluding hydrogens is 382 g/mol. The van der Waals surface area contributed by atoms with Crippen molar-refractivity contribution in [1.29, 1.82) is 0 Å². The third-order valence-electron chi connectivity index (χ3n) is 5.41. The van der Waals surface area contributed by atoms with E-state index in [0.717, 1.165) is 18.1 Å². The summed E-state index contributed by atoms with van der Waals surface area (Å²) in [6, 6.07) is 15.1. The highest BCUT2D eigenvalue weighted by Gasteiger charge is 2.39. The van der Waals surface area contributed by atoms with Crippen LogP contribution in [0, 0.1) is 5.41 Å². The lowest BCUT2D eigenvalue weighted by molar-refractivity contribution is 0.0685. The summed E-state index contributed by atoms with van der Waals surface area (Å²) in [6.45, 7) is 0.842. The number of nitrogens with zero attached hydrogens (tertiary/aromatic N) is 3. The highest BCUT2D eigenvalue weighted by atomic mass is 32.2. The van der Waals surface area contributed by atoms with Gasteiger partial charge in [-0.25, -0.2) is 8.42 Å². The summed E-state index contributed by atoms with van der Waals surface area (Å²) in [5, 5.41) is 10.0. The zero-order valence-electron chi connectivity index (χ0n) is 14.8. The smallest absolute Gasteiger partial charge is 0.245 e. The van der Waals surface area contributed by atoms with Gasteiger partial charge in [-0.15, -0.1) is 0 Å². The molecule has 1 saturated heterocycles. The molecule has 0 radical (unpaired) electrons. The third kappa shape index (κ3) is 3.50. The lowest BCUT2D eigenvalue weighted by atomic mass is 9.75.